The maximum Gasteiger partial charge on any atom is 0.0687 e. The third kappa shape index (κ3) is 2.63. The molecule has 1 N–H and O–H groups in total. The molecule has 0 radical (unpaired) electrons. The van der Waals surface area contributed by atoms with Crippen molar-refractivity contribution >= 4 is 0 Å². The van der Waals surface area contributed by atoms with Crippen LogP contribution in [-0.2, 0) is 13.5 Å². The van der Waals surface area contributed by atoms with Gasteiger partial charge in [0, 0.05) is 12.6 Å². The Hall–Kier alpha value is -1.61. The number of hydrogen-bond acceptors (Lipinski definition) is 2. The summed E-state index contributed by atoms with van der Waals surface area (Å²) in [5.41, 5.74) is 8.43. The predicted octanol–water partition coefficient (Wildman–Crippen LogP) is 3.24. The molecule has 1 unspecified atom stereocenters. The van der Waals surface area contributed by atoms with Crippen molar-refractivity contribution in [1.82, 2.24) is 9.78 Å². The second kappa shape index (κ2) is 5.41. The van der Waals surface area contributed by atoms with Crippen molar-refractivity contribution < 1.29 is 5.11 Å². The zero-order chi connectivity index (χ0) is 15.0. The molecule has 20 heavy (non-hydrogen) atoms. The number of aryl methyl sites for hydroxylation is 4. The summed E-state index contributed by atoms with van der Waals surface area (Å²) in [6.07, 6.45) is 0.373. The first kappa shape index (κ1) is 14.8. The normalized spacial score (nSPS) is 12.8. The van der Waals surface area contributed by atoms with Gasteiger partial charge in [0.05, 0.1) is 17.5 Å². The number of nitrogens with zero attached hydrogens (tertiary/aromatic N) is 2. The lowest BCUT2D eigenvalue weighted by Crippen LogP contribution is -2.09. The predicted molar refractivity (Wildman–Crippen MR) is 83.0 cm³/mol. The fraction of sp³-hybridized carbons (Fsp3) is 0.471. The highest BCUT2D eigenvalue weighted by Gasteiger charge is 2.16. The van der Waals surface area contributed by atoms with Gasteiger partial charge in [-0.2, -0.15) is 5.10 Å². The number of aliphatic hydroxyl groups is 1. The highest BCUT2D eigenvalue weighted by Crippen LogP contribution is 2.32. The van der Waals surface area contributed by atoms with Gasteiger partial charge in [-0.15, -0.1) is 0 Å². The van der Waals surface area contributed by atoms with Gasteiger partial charge in [0.25, 0.3) is 0 Å². The van der Waals surface area contributed by atoms with Gasteiger partial charge in [-0.1, -0.05) is 6.07 Å². The minimum absolute atomic E-state index is 0.323. The Balaban J connectivity index is 2.67. The fourth-order valence-corrected chi connectivity index (χ4v) is 3.07. The molecule has 0 aliphatic heterocycles. The molecule has 3 heteroatoms. The number of aliphatic hydroxyl groups excluding tert-OH is 1. The van der Waals surface area contributed by atoms with Gasteiger partial charge < -0.3 is 5.11 Å². The van der Waals surface area contributed by atoms with Crippen LogP contribution < -0.4 is 0 Å². The molecule has 0 aliphatic rings. The summed E-state index contributed by atoms with van der Waals surface area (Å²) < 4.78 is 1.94. The summed E-state index contributed by atoms with van der Waals surface area (Å²) in [5.74, 6) is 0. The van der Waals surface area contributed by atoms with E-state index in [1.165, 1.54) is 27.8 Å². The van der Waals surface area contributed by atoms with Crippen LogP contribution in [0.15, 0.2) is 12.1 Å². The molecule has 1 aromatic carbocycles. The third-order valence-electron chi connectivity index (χ3n) is 3.89. The highest BCUT2D eigenvalue weighted by atomic mass is 16.3. The van der Waals surface area contributed by atoms with Crippen LogP contribution in [0, 0.1) is 27.7 Å². The molecule has 0 spiro atoms. The topological polar surface area (TPSA) is 38.0 Å². The van der Waals surface area contributed by atoms with Crippen molar-refractivity contribution in [2.24, 2.45) is 7.05 Å². The third-order valence-corrected chi connectivity index (χ3v) is 3.89. The first-order chi connectivity index (χ1) is 9.31. The van der Waals surface area contributed by atoms with E-state index in [1.807, 2.05) is 25.6 Å². The minimum atomic E-state index is -0.323. The monoisotopic (exact) mass is 272 g/mol. The van der Waals surface area contributed by atoms with Crippen LogP contribution in [0.2, 0.25) is 0 Å². The van der Waals surface area contributed by atoms with E-state index in [0.29, 0.717) is 6.42 Å². The maximum absolute atomic E-state index is 9.73. The highest BCUT2D eigenvalue weighted by molar-refractivity contribution is 5.71. The van der Waals surface area contributed by atoms with Crippen LogP contribution in [0.5, 0.6) is 0 Å². The van der Waals surface area contributed by atoms with Gasteiger partial charge in [0.2, 0.25) is 0 Å². The molecule has 0 aliphatic carbocycles. The fourth-order valence-electron chi connectivity index (χ4n) is 3.07. The quantitative estimate of drug-likeness (QED) is 0.931. The van der Waals surface area contributed by atoms with Crippen LogP contribution in [0.1, 0.15) is 34.9 Å². The largest absolute Gasteiger partial charge is 0.393 e. The zero-order valence-electron chi connectivity index (χ0n) is 13.3. The molecule has 0 saturated heterocycles. The first-order valence-corrected chi connectivity index (χ1v) is 7.10. The van der Waals surface area contributed by atoms with E-state index in [1.54, 1.807) is 0 Å². The van der Waals surface area contributed by atoms with Crippen molar-refractivity contribution in [3.63, 3.8) is 0 Å². The van der Waals surface area contributed by atoms with E-state index in [-0.39, 0.29) is 6.10 Å². The molecule has 1 atom stereocenters. The number of benzene rings is 1. The van der Waals surface area contributed by atoms with Gasteiger partial charge in [0.15, 0.2) is 0 Å². The molecule has 1 aromatic heterocycles. The van der Waals surface area contributed by atoms with Crippen LogP contribution in [0.4, 0.5) is 0 Å². The van der Waals surface area contributed by atoms with Crippen molar-refractivity contribution in [2.75, 3.05) is 0 Å². The standard InChI is InChI=1S/C17H24N2O/c1-10-7-11(2)17(14(5)15(10)9-13(4)20)16-8-12(3)18-19(16)6/h7-8,13,20H,9H2,1-6H3. The Morgan fingerprint density at radius 3 is 2.30 bits per heavy atom. The Kier molecular flexibility index (Phi) is 4.00. The molecule has 0 fully saturated rings. The first-order valence-electron chi connectivity index (χ1n) is 7.10. The summed E-state index contributed by atoms with van der Waals surface area (Å²) >= 11 is 0. The smallest absolute Gasteiger partial charge is 0.0687 e. The van der Waals surface area contributed by atoms with Gasteiger partial charge in [-0.25, -0.2) is 0 Å². The SMILES string of the molecule is Cc1cc(-c2c(C)cc(C)c(CC(C)O)c2C)n(C)n1. The Morgan fingerprint density at radius 2 is 1.80 bits per heavy atom. The molecule has 108 valence electrons. The molecule has 2 rings (SSSR count). The summed E-state index contributed by atoms with van der Waals surface area (Å²) in [6.45, 7) is 10.3. The summed E-state index contributed by atoms with van der Waals surface area (Å²) in [5, 5.41) is 14.2. The summed E-state index contributed by atoms with van der Waals surface area (Å²) in [7, 11) is 1.98. The maximum atomic E-state index is 9.73. The van der Waals surface area contributed by atoms with Crippen LogP contribution in [0.3, 0.4) is 0 Å². The summed E-state index contributed by atoms with van der Waals surface area (Å²) in [6, 6.07) is 4.33. The number of hydrogen-bond donors (Lipinski definition) is 1. The lowest BCUT2D eigenvalue weighted by molar-refractivity contribution is 0.195. The number of aromatic nitrogens is 2. The lowest BCUT2D eigenvalue weighted by Gasteiger charge is -2.18. The van der Waals surface area contributed by atoms with Crippen molar-refractivity contribution in [3.8, 4) is 11.3 Å². The Morgan fingerprint density at radius 1 is 1.15 bits per heavy atom. The molecule has 1 heterocycles. The molecular formula is C17H24N2O. The average Bonchev–Trinajstić information content (AvgIpc) is 2.63. The van der Waals surface area contributed by atoms with E-state index in [9.17, 15) is 5.11 Å². The van der Waals surface area contributed by atoms with E-state index in [0.717, 1.165) is 11.4 Å². The van der Waals surface area contributed by atoms with Crippen molar-refractivity contribution in [1.29, 1.82) is 0 Å². The van der Waals surface area contributed by atoms with Crippen molar-refractivity contribution in [3.05, 3.63) is 40.1 Å². The van der Waals surface area contributed by atoms with Crippen LogP contribution in [-0.4, -0.2) is 21.0 Å². The van der Waals surface area contributed by atoms with Gasteiger partial charge in [0.1, 0.15) is 0 Å². The molecule has 0 bridgehead atoms. The van der Waals surface area contributed by atoms with Crippen molar-refractivity contribution in [2.45, 2.75) is 47.1 Å². The minimum Gasteiger partial charge on any atom is -0.393 e. The molecule has 0 saturated carbocycles. The van der Waals surface area contributed by atoms with E-state index < -0.39 is 0 Å². The van der Waals surface area contributed by atoms with Gasteiger partial charge in [-0.3, -0.25) is 4.68 Å². The van der Waals surface area contributed by atoms with Crippen LogP contribution >= 0.6 is 0 Å². The zero-order valence-corrected chi connectivity index (χ0v) is 13.3. The number of rotatable bonds is 3. The second-order valence-electron chi connectivity index (χ2n) is 5.84. The van der Waals surface area contributed by atoms with E-state index in [2.05, 4.69) is 38.0 Å². The molecule has 2 aromatic rings. The van der Waals surface area contributed by atoms with E-state index in [4.69, 9.17) is 0 Å². The van der Waals surface area contributed by atoms with Gasteiger partial charge >= 0.3 is 0 Å². The second-order valence-corrected chi connectivity index (χ2v) is 5.84. The van der Waals surface area contributed by atoms with E-state index >= 15 is 0 Å². The molecule has 3 nitrogen and oxygen atoms in total. The Bertz CT molecular complexity index is 639. The molecule has 0 amide bonds. The molecular weight excluding hydrogens is 248 g/mol. The van der Waals surface area contributed by atoms with Gasteiger partial charge in [-0.05, 0) is 69.4 Å². The summed E-state index contributed by atoms with van der Waals surface area (Å²) in [4.78, 5) is 0. The van der Waals surface area contributed by atoms with Crippen LogP contribution in [0.25, 0.3) is 11.3 Å². The Labute approximate surface area is 121 Å². The lowest BCUT2D eigenvalue weighted by atomic mass is 9.89. The average molecular weight is 272 g/mol.